The normalized spacial score (nSPS) is 17.5. The zero-order valence-electron chi connectivity index (χ0n) is 10.0. The van der Waals surface area contributed by atoms with Crippen molar-refractivity contribution in [1.82, 2.24) is 0 Å². The van der Waals surface area contributed by atoms with Crippen molar-refractivity contribution in [3.05, 3.63) is 65.5 Å². The number of carbonyl (C=O) groups is 1. The second-order valence-electron chi connectivity index (χ2n) is 4.31. The molecule has 1 N–H and O–H groups in total. The van der Waals surface area contributed by atoms with Crippen molar-refractivity contribution in [2.45, 2.75) is 6.04 Å². The third kappa shape index (κ3) is 2.25. The summed E-state index contributed by atoms with van der Waals surface area (Å²) in [4.78, 5) is 16.4. The van der Waals surface area contributed by atoms with Crippen LogP contribution in [0.15, 0.2) is 53.5 Å². The van der Waals surface area contributed by atoms with Gasteiger partial charge in [-0.2, -0.15) is 0 Å². The Hall–Kier alpha value is -2.49. The standard InChI is InChI=1S/C15H11FN2O/c16-12-6-3-5-10(8-12)14-15(19)18-13-7-2-1-4-11(13)9-17-14/h1-9,14H,(H,18,19). The number of halogens is 1. The molecule has 0 saturated carbocycles. The molecule has 0 aliphatic carbocycles. The molecule has 0 radical (unpaired) electrons. The van der Waals surface area contributed by atoms with Crippen molar-refractivity contribution >= 4 is 17.8 Å². The fraction of sp³-hybridized carbons (Fsp3) is 0.0667. The smallest absolute Gasteiger partial charge is 0.253 e. The Morgan fingerprint density at radius 1 is 1.11 bits per heavy atom. The number of rotatable bonds is 1. The highest BCUT2D eigenvalue weighted by Gasteiger charge is 2.22. The molecular formula is C15H11FN2O. The van der Waals surface area contributed by atoms with Crippen LogP contribution in [0.3, 0.4) is 0 Å². The van der Waals surface area contributed by atoms with Gasteiger partial charge in [0.2, 0.25) is 0 Å². The van der Waals surface area contributed by atoms with E-state index in [2.05, 4.69) is 10.3 Å². The fourth-order valence-corrected chi connectivity index (χ4v) is 2.06. The van der Waals surface area contributed by atoms with E-state index >= 15 is 0 Å². The van der Waals surface area contributed by atoms with Crippen LogP contribution in [-0.4, -0.2) is 12.1 Å². The SMILES string of the molecule is O=C1Nc2ccccc2C=NC1c1cccc(F)c1. The molecule has 1 unspecified atom stereocenters. The molecule has 1 heterocycles. The van der Waals surface area contributed by atoms with Gasteiger partial charge < -0.3 is 5.32 Å². The predicted molar refractivity (Wildman–Crippen MR) is 71.8 cm³/mol. The molecule has 3 rings (SSSR count). The Kier molecular flexibility index (Phi) is 2.83. The van der Waals surface area contributed by atoms with Crippen LogP contribution in [0.4, 0.5) is 10.1 Å². The van der Waals surface area contributed by atoms with E-state index in [1.54, 1.807) is 18.3 Å². The van der Waals surface area contributed by atoms with E-state index in [-0.39, 0.29) is 11.7 Å². The molecule has 94 valence electrons. The molecule has 0 fully saturated rings. The summed E-state index contributed by atoms with van der Waals surface area (Å²) in [5.74, 6) is -0.630. The Morgan fingerprint density at radius 3 is 2.79 bits per heavy atom. The summed E-state index contributed by atoms with van der Waals surface area (Å²) in [6, 6.07) is 12.6. The number of para-hydroxylation sites is 1. The summed E-state index contributed by atoms with van der Waals surface area (Å²) in [5, 5.41) is 2.80. The minimum Gasteiger partial charge on any atom is -0.323 e. The van der Waals surface area contributed by atoms with Crippen LogP contribution < -0.4 is 5.32 Å². The van der Waals surface area contributed by atoms with Crippen LogP contribution in [0, 0.1) is 5.82 Å². The van der Waals surface area contributed by atoms with Crippen LogP contribution >= 0.6 is 0 Å². The first kappa shape index (κ1) is 11.6. The molecule has 3 nitrogen and oxygen atoms in total. The molecule has 4 heteroatoms. The van der Waals surface area contributed by atoms with Crippen LogP contribution in [0.2, 0.25) is 0 Å². The largest absolute Gasteiger partial charge is 0.323 e. The van der Waals surface area contributed by atoms with E-state index < -0.39 is 6.04 Å². The number of hydrogen-bond donors (Lipinski definition) is 1. The van der Waals surface area contributed by atoms with Gasteiger partial charge in [0.05, 0.1) is 0 Å². The summed E-state index contributed by atoms with van der Waals surface area (Å²) in [7, 11) is 0. The van der Waals surface area contributed by atoms with Crippen molar-refractivity contribution in [3.63, 3.8) is 0 Å². The maximum Gasteiger partial charge on any atom is 0.253 e. The summed E-state index contributed by atoms with van der Waals surface area (Å²) in [5.41, 5.74) is 2.10. The van der Waals surface area contributed by atoms with Gasteiger partial charge in [0.25, 0.3) is 5.91 Å². The van der Waals surface area contributed by atoms with Crippen LogP contribution in [0.5, 0.6) is 0 Å². The topological polar surface area (TPSA) is 41.5 Å². The molecule has 0 bridgehead atoms. The molecule has 1 aliphatic rings. The average Bonchev–Trinajstić information content (AvgIpc) is 2.57. The highest BCUT2D eigenvalue weighted by atomic mass is 19.1. The lowest BCUT2D eigenvalue weighted by molar-refractivity contribution is -0.117. The van der Waals surface area contributed by atoms with E-state index in [0.717, 1.165) is 11.3 Å². The molecule has 0 saturated heterocycles. The minimum atomic E-state index is -0.719. The van der Waals surface area contributed by atoms with Crippen LogP contribution in [-0.2, 0) is 4.79 Å². The lowest BCUT2D eigenvalue weighted by Gasteiger charge is -2.11. The van der Waals surface area contributed by atoms with E-state index in [0.29, 0.717) is 5.56 Å². The first-order valence-corrected chi connectivity index (χ1v) is 5.92. The molecule has 1 amide bonds. The van der Waals surface area contributed by atoms with Gasteiger partial charge >= 0.3 is 0 Å². The van der Waals surface area contributed by atoms with Gasteiger partial charge in [-0.15, -0.1) is 0 Å². The van der Waals surface area contributed by atoms with Crippen molar-refractivity contribution < 1.29 is 9.18 Å². The average molecular weight is 254 g/mol. The molecule has 2 aromatic carbocycles. The number of amides is 1. The highest BCUT2D eigenvalue weighted by Crippen LogP contribution is 2.25. The molecule has 0 aromatic heterocycles. The fourth-order valence-electron chi connectivity index (χ4n) is 2.06. The Labute approximate surface area is 109 Å². The number of benzodiazepines with no additional fused rings is 1. The molecule has 1 atom stereocenters. The lowest BCUT2D eigenvalue weighted by atomic mass is 10.1. The number of carbonyl (C=O) groups excluding carboxylic acids is 1. The Morgan fingerprint density at radius 2 is 1.95 bits per heavy atom. The number of hydrogen-bond acceptors (Lipinski definition) is 2. The van der Waals surface area contributed by atoms with Gasteiger partial charge in [-0.1, -0.05) is 30.3 Å². The van der Waals surface area contributed by atoms with Gasteiger partial charge in [0.1, 0.15) is 5.82 Å². The highest BCUT2D eigenvalue weighted by molar-refractivity contribution is 6.03. The Bertz CT molecular complexity index is 667. The van der Waals surface area contributed by atoms with Crippen molar-refractivity contribution in [3.8, 4) is 0 Å². The second-order valence-corrected chi connectivity index (χ2v) is 4.31. The predicted octanol–water partition coefficient (Wildman–Crippen LogP) is 2.94. The van der Waals surface area contributed by atoms with E-state index in [1.807, 2.05) is 24.3 Å². The van der Waals surface area contributed by atoms with Gasteiger partial charge in [-0.25, -0.2) is 4.39 Å². The second kappa shape index (κ2) is 4.65. The van der Waals surface area contributed by atoms with Crippen LogP contribution in [0.25, 0.3) is 0 Å². The first-order valence-electron chi connectivity index (χ1n) is 5.92. The summed E-state index contributed by atoms with van der Waals surface area (Å²) in [6.07, 6.45) is 1.64. The monoisotopic (exact) mass is 254 g/mol. The third-order valence-electron chi connectivity index (χ3n) is 2.99. The molecule has 2 aromatic rings. The molecule has 0 spiro atoms. The quantitative estimate of drug-likeness (QED) is 0.835. The molecule has 1 aliphatic heterocycles. The summed E-state index contributed by atoms with van der Waals surface area (Å²) < 4.78 is 13.2. The number of anilines is 1. The van der Waals surface area contributed by atoms with Crippen LogP contribution in [0.1, 0.15) is 17.2 Å². The maximum absolute atomic E-state index is 13.2. The first-order chi connectivity index (χ1) is 9.24. The lowest BCUT2D eigenvalue weighted by Crippen LogP contribution is -2.18. The number of aliphatic imine (C=N–C) groups is 1. The van der Waals surface area contributed by atoms with Gasteiger partial charge in [-0.3, -0.25) is 9.79 Å². The number of fused-ring (bicyclic) bond motifs is 1. The zero-order chi connectivity index (χ0) is 13.2. The summed E-state index contributed by atoms with van der Waals surface area (Å²) >= 11 is 0. The number of benzene rings is 2. The van der Waals surface area contributed by atoms with Crippen molar-refractivity contribution in [2.24, 2.45) is 4.99 Å². The van der Waals surface area contributed by atoms with Gasteiger partial charge in [-0.05, 0) is 23.8 Å². The van der Waals surface area contributed by atoms with Crippen molar-refractivity contribution in [1.29, 1.82) is 0 Å². The van der Waals surface area contributed by atoms with Crippen molar-refractivity contribution in [2.75, 3.05) is 5.32 Å². The number of nitrogens with one attached hydrogen (secondary N) is 1. The van der Waals surface area contributed by atoms with E-state index in [1.165, 1.54) is 12.1 Å². The molecule has 19 heavy (non-hydrogen) atoms. The number of nitrogens with zero attached hydrogens (tertiary/aromatic N) is 1. The van der Waals surface area contributed by atoms with Gasteiger partial charge in [0.15, 0.2) is 6.04 Å². The minimum absolute atomic E-state index is 0.258. The molecular weight excluding hydrogens is 243 g/mol. The van der Waals surface area contributed by atoms with E-state index in [9.17, 15) is 9.18 Å². The maximum atomic E-state index is 13.2. The third-order valence-corrected chi connectivity index (χ3v) is 2.99. The summed E-state index contributed by atoms with van der Waals surface area (Å²) in [6.45, 7) is 0. The Balaban J connectivity index is 2.00. The zero-order valence-corrected chi connectivity index (χ0v) is 10.0. The van der Waals surface area contributed by atoms with E-state index in [4.69, 9.17) is 0 Å². The van der Waals surface area contributed by atoms with Gasteiger partial charge in [0, 0.05) is 17.5 Å².